The Kier molecular flexibility index (Phi) is 6.52. The first-order valence-corrected chi connectivity index (χ1v) is 10.9. The fraction of sp³-hybridized carbons (Fsp3) is 0.684. The molecule has 21 heavy (non-hydrogen) atoms. The van der Waals surface area contributed by atoms with Gasteiger partial charge >= 0.3 is 0 Å². The lowest BCUT2D eigenvalue weighted by Gasteiger charge is -2.44. The van der Waals surface area contributed by atoms with Crippen LogP contribution in [0.25, 0.3) is 0 Å². The summed E-state index contributed by atoms with van der Waals surface area (Å²) in [6.07, 6.45) is 0. The molecule has 2 heteroatoms. The van der Waals surface area contributed by atoms with E-state index in [1.54, 1.807) is 5.19 Å². The molecule has 120 valence electrons. The van der Waals surface area contributed by atoms with Gasteiger partial charge in [-0.3, -0.25) is 0 Å². The van der Waals surface area contributed by atoms with Gasteiger partial charge in [0, 0.05) is 18.8 Å². The summed E-state index contributed by atoms with van der Waals surface area (Å²) in [4.78, 5) is 2.42. The van der Waals surface area contributed by atoms with Crippen molar-refractivity contribution in [2.75, 3.05) is 18.0 Å². The van der Waals surface area contributed by atoms with Crippen molar-refractivity contribution in [2.45, 2.75) is 72.0 Å². The van der Waals surface area contributed by atoms with Gasteiger partial charge in [0.25, 0.3) is 0 Å². The van der Waals surface area contributed by atoms with E-state index in [9.17, 15) is 0 Å². The number of hydrogen-bond donors (Lipinski definition) is 0. The molecule has 0 bridgehead atoms. The molecule has 0 saturated carbocycles. The highest BCUT2D eigenvalue weighted by molar-refractivity contribution is 6.95. The summed E-state index contributed by atoms with van der Waals surface area (Å²) >= 11 is 0. The lowest BCUT2D eigenvalue weighted by Crippen LogP contribution is -2.55. The first-order valence-electron chi connectivity index (χ1n) is 8.67. The summed E-state index contributed by atoms with van der Waals surface area (Å²) in [7, 11) is -1.50. The summed E-state index contributed by atoms with van der Waals surface area (Å²) in [6.45, 7) is 21.2. The topological polar surface area (TPSA) is 3.24 Å². The largest absolute Gasteiger partial charge is 0.372 e. The summed E-state index contributed by atoms with van der Waals surface area (Å²) in [5, 5.41) is 1.64. The fourth-order valence-corrected chi connectivity index (χ4v) is 11.3. The highest BCUT2D eigenvalue weighted by Gasteiger charge is 2.44. The molecule has 0 N–H and O–H groups in total. The Morgan fingerprint density at radius 2 is 1.14 bits per heavy atom. The molecule has 0 aromatic heterocycles. The van der Waals surface area contributed by atoms with Crippen molar-refractivity contribution in [1.29, 1.82) is 0 Å². The van der Waals surface area contributed by atoms with Gasteiger partial charge in [-0.15, -0.1) is 0 Å². The van der Waals surface area contributed by atoms with Crippen molar-refractivity contribution in [3.05, 3.63) is 24.3 Å². The molecule has 0 spiro atoms. The maximum Gasteiger partial charge on any atom is 0.0942 e. The minimum absolute atomic E-state index is 0.775. The van der Waals surface area contributed by atoms with Crippen LogP contribution in [0.2, 0.25) is 16.6 Å². The zero-order valence-electron chi connectivity index (χ0n) is 15.4. The fourth-order valence-electron chi connectivity index (χ4n) is 4.55. The van der Waals surface area contributed by atoms with E-state index in [-0.39, 0.29) is 0 Å². The Balaban J connectivity index is 3.28. The van der Waals surface area contributed by atoms with E-state index < -0.39 is 8.07 Å². The minimum Gasteiger partial charge on any atom is -0.372 e. The number of hydrogen-bond acceptors (Lipinski definition) is 1. The molecule has 0 radical (unpaired) electrons. The lowest BCUT2D eigenvalue weighted by molar-refractivity contribution is 0.834. The Morgan fingerprint density at radius 1 is 0.762 bits per heavy atom. The van der Waals surface area contributed by atoms with Gasteiger partial charge in [-0.25, -0.2) is 0 Å². The van der Waals surface area contributed by atoms with Crippen molar-refractivity contribution >= 4 is 18.9 Å². The average Bonchev–Trinajstić information content (AvgIpc) is 2.41. The SMILES string of the molecule is CCN(CC)c1ccc([Si](C(C)C)(C(C)C)C(C)C)cc1. The van der Waals surface area contributed by atoms with E-state index in [1.807, 2.05) is 0 Å². The minimum atomic E-state index is -1.50. The van der Waals surface area contributed by atoms with Crippen LogP contribution >= 0.6 is 0 Å². The molecule has 0 aliphatic rings. The summed E-state index contributed by atoms with van der Waals surface area (Å²) in [5.74, 6) is 0. The maximum atomic E-state index is 2.44. The monoisotopic (exact) mass is 305 g/mol. The molecule has 0 heterocycles. The Labute approximate surface area is 133 Å². The van der Waals surface area contributed by atoms with Crippen LogP contribution in [-0.2, 0) is 0 Å². The Hall–Kier alpha value is -0.763. The number of rotatable bonds is 7. The summed E-state index contributed by atoms with van der Waals surface area (Å²) < 4.78 is 0. The van der Waals surface area contributed by atoms with Crippen molar-refractivity contribution in [3.8, 4) is 0 Å². The van der Waals surface area contributed by atoms with Crippen molar-refractivity contribution < 1.29 is 0 Å². The van der Waals surface area contributed by atoms with Gasteiger partial charge in [0.15, 0.2) is 0 Å². The number of benzene rings is 1. The van der Waals surface area contributed by atoms with Crippen LogP contribution in [0.5, 0.6) is 0 Å². The average molecular weight is 306 g/mol. The van der Waals surface area contributed by atoms with Gasteiger partial charge in [0.2, 0.25) is 0 Å². The van der Waals surface area contributed by atoms with E-state index in [2.05, 4.69) is 84.6 Å². The van der Waals surface area contributed by atoms with Crippen LogP contribution in [0.3, 0.4) is 0 Å². The number of nitrogens with zero attached hydrogens (tertiary/aromatic N) is 1. The summed E-state index contributed by atoms with van der Waals surface area (Å²) in [5.41, 5.74) is 3.69. The predicted octanol–water partition coefficient (Wildman–Crippen LogP) is 5.42. The molecular formula is C19H35NSi. The van der Waals surface area contributed by atoms with Crippen LogP contribution in [0.15, 0.2) is 24.3 Å². The van der Waals surface area contributed by atoms with Crippen molar-refractivity contribution in [3.63, 3.8) is 0 Å². The van der Waals surface area contributed by atoms with Crippen LogP contribution in [0, 0.1) is 0 Å². The van der Waals surface area contributed by atoms with E-state index >= 15 is 0 Å². The predicted molar refractivity (Wildman–Crippen MR) is 101 cm³/mol. The molecule has 0 aliphatic heterocycles. The zero-order valence-corrected chi connectivity index (χ0v) is 16.4. The van der Waals surface area contributed by atoms with Gasteiger partial charge in [0.1, 0.15) is 0 Å². The standard InChI is InChI=1S/C19H35NSi/c1-9-20(10-2)18-11-13-19(14-12-18)21(15(3)4,16(5)6)17(7)8/h11-17H,9-10H2,1-8H3. The van der Waals surface area contributed by atoms with Crippen molar-refractivity contribution in [2.24, 2.45) is 0 Å². The highest BCUT2D eigenvalue weighted by atomic mass is 28.3. The van der Waals surface area contributed by atoms with Gasteiger partial charge in [-0.1, -0.05) is 58.9 Å². The highest BCUT2D eigenvalue weighted by Crippen LogP contribution is 2.41. The molecule has 0 aliphatic carbocycles. The second-order valence-corrected chi connectivity index (χ2v) is 13.0. The third kappa shape index (κ3) is 3.36. The Morgan fingerprint density at radius 3 is 1.43 bits per heavy atom. The van der Waals surface area contributed by atoms with Crippen LogP contribution in [0.1, 0.15) is 55.4 Å². The molecule has 1 nitrogen and oxygen atoms in total. The first-order chi connectivity index (χ1) is 9.82. The molecule has 0 atom stereocenters. The van der Waals surface area contributed by atoms with Gasteiger partial charge in [-0.05, 0) is 42.6 Å². The smallest absolute Gasteiger partial charge is 0.0942 e. The third-order valence-corrected chi connectivity index (χ3v) is 12.4. The molecule has 1 rings (SSSR count). The second kappa shape index (κ2) is 7.48. The first kappa shape index (κ1) is 18.3. The molecule has 1 aromatic rings. The third-order valence-electron chi connectivity index (χ3n) is 5.36. The Bertz CT molecular complexity index is 394. The molecule has 0 amide bonds. The molecule has 0 fully saturated rings. The normalized spacial score (nSPS) is 12.5. The van der Waals surface area contributed by atoms with Crippen molar-refractivity contribution in [1.82, 2.24) is 0 Å². The molecular weight excluding hydrogens is 270 g/mol. The number of anilines is 1. The molecule has 0 saturated heterocycles. The van der Waals surface area contributed by atoms with E-state index in [0.29, 0.717) is 0 Å². The van der Waals surface area contributed by atoms with Gasteiger partial charge < -0.3 is 4.90 Å². The van der Waals surface area contributed by atoms with Crippen LogP contribution in [0.4, 0.5) is 5.69 Å². The lowest BCUT2D eigenvalue weighted by atomic mass is 10.3. The van der Waals surface area contributed by atoms with E-state index in [4.69, 9.17) is 0 Å². The summed E-state index contributed by atoms with van der Waals surface area (Å²) in [6, 6.07) is 9.55. The maximum absolute atomic E-state index is 2.44. The van der Waals surface area contributed by atoms with Gasteiger partial charge in [0.05, 0.1) is 8.07 Å². The molecule has 1 aromatic carbocycles. The van der Waals surface area contributed by atoms with Gasteiger partial charge in [-0.2, -0.15) is 0 Å². The quantitative estimate of drug-likeness (QED) is 0.608. The second-order valence-electron chi connectivity index (χ2n) is 7.12. The molecule has 0 unspecified atom stereocenters. The van der Waals surface area contributed by atoms with E-state index in [0.717, 1.165) is 29.7 Å². The van der Waals surface area contributed by atoms with E-state index in [1.165, 1.54) is 5.69 Å². The van der Waals surface area contributed by atoms with Crippen LogP contribution in [-0.4, -0.2) is 21.2 Å². The zero-order chi connectivity index (χ0) is 16.2. The van der Waals surface area contributed by atoms with Crippen LogP contribution < -0.4 is 10.1 Å².